The lowest BCUT2D eigenvalue weighted by Gasteiger charge is -2.13. The smallest absolute Gasteiger partial charge is 0.120 e. The largest absolute Gasteiger partial charge is 0.489 e. The van der Waals surface area contributed by atoms with Gasteiger partial charge in [-0.25, -0.2) is 0 Å². The van der Waals surface area contributed by atoms with Crippen LogP contribution in [0.2, 0.25) is 0 Å². The molecule has 0 unspecified atom stereocenters. The van der Waals surface area contributed by atoms with E-state index in [9.17, 15) is 4.57 Å². The molecule has 100 valence electrons. The van der Waals surface area contributed by atoms with Crippen LogP contribution < -0.4 is 15.8 Å². The highest BCUT2D eigenvalue weighted by Gasteiger charge is 2.15. The Labute approximate surface area is 113 Å². The Morgan fingerprint density at radius 2 is 1.79 bits per heavy atom. The highest BCUT2D eigenvalue weighted by Crippen LogP contribution is 2.38. The predicted octanol–water partition coefficient (Wildman–Crippen LogP) is 3.10. The second-order valence-electron chi connectivity index (χ2n) is 4.85. The van der Waals surface area contributed by atoms with Crippen molar-refractivity contribution in [3.63, 3.8) is 0 Å². The number of ether oxygens (including phenoxy) is 1. The fourth-order valence-corrected chi connectivity index (χ4v) is 2.96. The van der Waals surface area contributed by atoms with Crippen LogP contribution in [0.3, 0.4) is 0 Å². The van der Waals surface area contributed by atoms with Crippen LogP contribution >= 0.6 is 7.14 Å². The van der Waals surface area contributed by atoms with Crippen molar-refractivity contribution in [3.8, 4) is 5.75 Å². The van der Waals surface area contributed by atoms with Crippen LogP contribution in [0, 0.1) is 0 Å². The van der Waals surface area contributed by atoms with Crippen LogP contribution in [0.5, 0.6) is 5.75 Å². The number of hydrogen-bond donors (Lipinski definition) is 1. The molecule has 19 heavy (non-hydrogen) atoms. The first-order valence-corrected chi connectivity index (χ1v) is 8.69. The molecule has 0 heterocycles. The number of hydrogen-bond acceptors (Lipinski definition) is 3. The molecule has 3 nitrogen and oxygen atoms in total. The molecule has 4 heteroatoms. The molecule has 0 aliphatic heterocycles. The van der Waals surface area contributed by atoms with Crippen molar-refractivity contribution in [1.82, 2.24) is 0 Å². The molecule has 2 aromatic carbocycles. The summed E-state index contributed by atoms with van der Waals surface area (Å²) in [7, 11) is -2.38. The zero-order chi connectivity index (χ0) is 13.9. The third-order valence-corrected chi connectivity index (χ3v) is 4.38. The van der Waals surface area contributed by atoms with Gasteiger partial charge in [-0.3, -0.25) is 0 Å². The summed E-state index contributed by atoms with van der Waals surface area (Å²) in [5, 5.41) is 0.679. The van der Waals surface area contributed by atoms with E-state index >= 15 is 0 Å². The zero-order valence-corrected chi connectivity index (χ0v) is 12.1. The molecule has 0 aromatic heterocycles. The van der Waals surface area contributed by atoms with Gasteiger partial charge in [0.1, 0.15) is 19.5 Å². The molecular weight excluding hydrogens is 257 g/mol. The van der Waals surface area contributed by atoms with Crippen LogP contribution in [-0.2, 0) is 11.2 Å². The van der Waals surface area contributed by atoms with Gasteiger partial charge in [0, 0.05) is 11.0 Å². The fourth-order valence-electron chi connectivity index (χ4n) is 1.82. The van der Waals surface area contributed by atoms with Crippen molar-refractivity contribution in [2.24, 2.45) is 0 Å². The summed E-state index contributed by atoms with van der Waals surface area (Å²) in [5.74, 6) is 0.692. The number of rotatable bonds is 4. The molecule has 0 fully saturated rings. The van der Waals surface area contributed by atoms with Crippen LogP contribution in [0.15, 0.2) is 48.5 Å². The van der Waals surface area contributed by atoms with Crippen LogP contribution in [0.4, 0.5) is 5.69 Å². The number of nitrogen functional groups attached to an aromatic ring is 1. The zero-order valence-electron chi connectivity index (χ0n) is 11.2. The van der Waals surface area contributed by atoms with Gasteiger partial charge in [0.15, 0.2) is 0 Å². The van der Waals surface area contributed by atoms with E-state index in [0.717, 1.165) is 5.56 Å². The first kappa shape index (κ1) is 13.7. The van der Waals surface area contributed by atoms with E-state index in [0.29, 0.717) is 23.3 Å². The molecule has 2 N–H and O–H groups in total. The van der Waals surface area contributed by atoms with Gasteiger partial charge in [-0.1, -0.05) is 30.3 Å². The molecule has 0 radical (unpaired) electrons. The van der Waals surface area contributed by atoms with Gasteiger partial charge in [-0.05, 0) is 37.1 Å². The topological polar surface area (TPSA) is 52.3 Å². The summed E-state index contributed by atoms with van der Waals surface area (Å²) in [4.78, 5) is 0. The Bertz CT molecular complexity index is 605. The number of benzene rings is 2. The molecule has 0 amide bonds. The number of anilines is 1. The van der Waals surface area contributed by atoms with Gasteiger partial charge in [0.05, 0.1) is 0 Å². The SMILES string of the molecule is CP(C)(=O)c1cc(OCc2ccccc2)ccc1N. The summed E-state index contributed by atoms with van der Waals surface area (Å²) in [6.45, 7) is 3.90. The van der Waals surface area contributed by atoms with Gasteiger partial charge < -0.3 is 15.0 Å². The molecule has 0 saturated carbocycles. The van der Waals surface area contributed by atoms with Crippen LogP contribution in [-0.4, -0.2) is 13.3 Å². The maximum absolute atomic E-state index is 12.1. The van der Waals surface area contributed by atoms with Crippen molar-refractivity contribution in [2.75, 3.05) is 19.1 Å². The van der Waals surface area contributed by atoms with E-state index in [4.69, 9.17) is 10.5 Å². The van der Waals surface area contributed by atoms with E-state index in [-0.39, 0.29) is 0 Å². The minimum Gasteiger partial charge on any atom is -0.489 e. The van der Waals surface area contributed by atoms with Crippen molar-refractivity contribution < 1.29 is 9.30 Å². The summed E-state index contributed by atoms with van der Waals surface area (Å²) >= 11 is 0. The van der Waals surface area contributed by atoms with E-state index < -0.39 is 7.14 Å². The molecule has 0 aliphatic carbocycles. The van der Waals surface area contributed by atoms with Crippen molar-refractivity contribution in [3.05, 3.63) is 54.1 Å². The third kappa shape index (κ3) is 3.62. The van der Waals surface area contributed by atoms with Gasteiger partial charge in [-0.2, -0.15) is 0 Å². The lowest BCUT2D eigenvalue weighted by Crippen LogP contribution is -2.10. The second-order valence-corrected chi connectivity index (χ2v) is 8.03. The fraction of sp³-hybridized carbons (Fsp3) is 0.200. The minimum absolute atomic E-state index is 0.488. The quantitative estimate of drug-likeness (QED) is 0.689. The minimum atomic E-state index is -2.38. The molecule has 2 aromatic rings. The van der Waals surface area contributed by atoms with Crippen LogP contribution in [0.1, 0.15) is 5.56 Å². The maximum Gasteiger partial charge on any atom is 0.120 e. The average Bonchev–Trinajstić information content (AvgIpc) is 2.37. The molecular formula is C15H18NO2P. The van der Waals surface area contributed by atoms with Gasteiger partial charge in [0.2, 0.25) is 0 Å². The summed E-state index contributed by atoms with van der Waals surface area (Å²) in [6, 6.07) is 15.2. The van der Waals surface area contributed by atoms with E-state index in [1.54, 1.807) is 31.5 Å². The third-order valence-electron chi connectivity index (χ3n) is 2.83. The summed E-state index contributed by atoms with van der Waals surface area (Å²) < 4.78 is 17.8. The van der Waals surface area contributed by atoms with Crippen molar-refractivity contribution in [1.29, 1.82) is 0 Å². The first-order chi connectivity index (χ1) is 8.97. The Morgan fingerprint density at radius 3 is 2.42 bits per heavy atom. The lowest BCUT2D eigenvalue weighted by atomic mass is 10.2. The predicted molar refractivity (Wildman–Crippen MR) is 80.7 cm³/mol. The van der Waals surface area contributed by atoms with Crippen LogP contribution in [0.25, 0.3) is 0 Å². The highest BCUT2D eigenvalue weighted by atomic mass is 31.2. The molecule has 2 rings (SSSR count). The normalized spacial score (nSPS) is 11.3. The molecule has 0 bridgehead atoms. The van der Waals surface area contributed by atoms with E-state index in [2.05, 4.69) is 0 Å². The summed E-state index contributed by atoms with van der Waals surface area (Å²) in [5.41, 5.74) is 7.51. The second kappa shape index (κ2) is 5.50. The molecule has 0 spiro atoms. The molecule has 0 atom stereocenters. The monoisotopic (exact) mass is 275 g/mol. The van der Waals surface area contributed by atoms with Gasteiger partial charge >= 0.3 is 0 Å². The summed E-state index contributed by atoms with van der Waals surface area (Å²) in [6.07, 6.45) is 0. The Morgan fingerprint density at radius 1 is 1.11 bits per heavy atom. The Kier molecular flexibility index (Phi) is 3.96. The highest BCUT2D eigenvalue weighted by molar-refractivity contribution is 7.70. The van der Waals surface area contributed by atoms with Gasteiger partial charge in [0.25, 0.3) is 0 Å². The standard InChI is InChI=1S/C15H18NO2P/c1-19(2,17)15-10-13(8-9-14(15)16)18-11-12-6-4-3-5-7-12/h3-10H,11,16H2,1-2H3. The van der Waals surface area contributed by atoms with E-state index in [1.165, 1.54) is 0 Å². The molecule has 0 saturated heterocycles. The first-order valence-electron chi connectivity index (χ1n) is 6.08. The maximum atomic E-state index is 12.1. The van der Waals surface area contributed by atoms with Crippen molar-refractivity contribution in [2.45, 2.75) is 6.61 Å². The average molecular weight is 275 g/mol. The van der Waals surface area contributed by atoms with Gasteiger partial charge in [-0.15, -0.1) is 0 Å². The van der Waals surface area contributed by atoms with E-state index in [1.807, 2.05) is 30.3 Å². The lowest BCUT2D eigenvalue weighted by molar-refractivity contribution is 0.306. The Hall–Kier alpha value is -1.73. The van der Waals surface area contributed by atoms with Crippen molar-refractivity contribution >= 4 is 18.1 Å². The molecule has 0 aliphatic rings. The number of nitrogens with two attached hydrogens (primary N) is 1. The Balaban J connectivity index is 2.16.